The van der Waals surface area contributed by atoms with Crippen molar-refractivity contribution in [3.05, 3.63) is 54.4 Å². The van der Waals surface area contributed by atoms with Crippen molar-refractivity contribution >= 4 is 12.4 Å². The van der Waals surface area contributed by atoms with Gasteiger partial charge < -0.3 is 0 Å². The van der Waals surface area contributed by atoms with E-state index in [1.807, 2.05) is 24.3 Å². The molecule has 0 aliphatic rings. The van der Waals surface area contributed by atoms with E-state index in [9.17, 15) is 4.79 Å². The molecule has 0 bridgehead atoms. The summed E-state index contributed by atoms with van der Waals surface area (Å²) in [7, 11) is 0. The quantitative estimate of drug-likeness (QED) is 0.577. The van der Waals surface area contributed by atoms with Crippen LogP contribution >= 0.6 is 0 Å². The second-order valence-electron chi connectivity index (χ2n) is 3.19. The van der Waals surface area contributed by atoms with E-state index in [4.69, 9.17) is 0 Å². The summed E-state index contributed by atoms with van der Waals surface area (Å²) in [5.74, 6) is 0.702. The summed E-state index contributed by atoms with van der Waals surface area (Å²) in [5, 5.41) is 0. The smallest absolute Gasteiger partial charge is 0.159 e. The van der Waals surface area contributed by atoms with Crippen LogP contribution in [0.15, 0.2) is 48.8 Å². The zero-order chi connectivity index (χ0) is 11.2. The van der Waals surface area contributed by atoms with Crippen molar-refractivity contribution in [1.29, 1.82) is 0 Å². The molecule has 16 heavy (non-hydrogen) atoms. The van der Waals surface area contributed by atoms with Crippen molar-refractivity contribution in [2.75, 3.05) is 0 Å². The summed E-state index contributed by atoms with van der Waals surface area (Å²) in [5.41, 5.74) is 1.94. The average Bonchev–Trinajstić information content (AvgIpc) is 2.38. The lowest BCUT2D eigenvalue weighted by Gasteiger charge is -1.99. The Labute approximate surface area is 93.5 Å². The van der Waals surface area contributed by atoms with Crippen LogP contribution in [0.3, 0.4) is 0 Å². The number of aromatic nitrogens is 2. The van der Waals surface area contributed by atoms with Crippen LogP contribution in [0, 0.1) is 0 Å². The lowest BCUT2D eigenvalue weighted by atomic mass is 10.1. The van der Waals surface area contributed by atoms with E-state index < -0.39 is 0 Å². The maximum Gasteiger partial charge on any atom is 0.159 e. The van der Waals surface area contributed by atoms with E-state index in [2.05, 4.69) is 9.97 Å². The SMILES string of the molecule is O=CC=Cc1ccc(-c2ncccn2)cc1. The number of nitrogens with zero attached hydrogens (tertiary/aromatic N) is 2. The predicted molar refractivity (Wildman–Crippen MR) is 62.6 cm³/mol. The summed E-state index contributed by atoms with van der Waals surface area (Å²) in [6.07, 6.45) is 7.40. The number of carbonyl (C=O) groups is 1. The van der Waals surface area contributed by atoms with Gasteiger partial charge in [-0.1, -0.05) is 30.3 Å². The number of rotatable bonds is 3. The Hall–Kier alpha value is -2.29. The van der Waals surface area contributed by atoms with E-state index in [0.717, 1.165) is 17.4 Å². The summed E-state index contributed by atoms with van der Waals surface area (Å²) in [6, 6.07) is 9.49. The second kappa shape index (κ2) is 4.98. The molecule has 0 N–H and O–H groups in total. The number of hydrogen-bond donors (Lipinski definition) is 0. The van der Waals surface area contributed by atoms with Gasteiger partial charge in [-0.2, -0.15) is 0 Å². The molecule has 0 radical (unpaired) electrons. The third-order valence-electron chi connectivity index (χ3n) is 2.10. The minimum Gasteiger partial charge on any atom is -0.299 e. The van der Waals surface area contributed by atoms with Crippen molar-refractivity contribution in [2.24, 2.45) is 0 Å². The Morgan fingerprint density at radius 1 is 1.00 bits per heavy atom. The van der Waals surface area contributed by atoms with Gasteiger partial charge in [0.1, 0.15) is 6.29 Å². The number of benzene rings is 1. The average molecular weight is 210 g/mol. The molecule has 0 saturated carbocycles. The Morgan fingerprint density at radius 2 is 1.69 bits per heavy atom. The van der Waals surface area contributed by atoms with Crippen LogP contribution in [-0.4, -0.2) is 16.3 Å². The Bertz CT molecular complexity index is 489. The highest BCUT2D eigenvalue weighted by Gasteiger charge is 1.98. The number of carbonyl (C=O) groups excluding carboxylic acids is 1. The molecule has 1 aromatic carbocycles. The minimum atomic E-state index is 0.702. The molecule has 2 aromatic rings. The molecule has 78 valence electrons. The van der Waals surface area contributed by atoms with Crippen LogP contribution in [0.5, 0.6) is 0 Å². The molecule has 3 heteroatoms. The van der Waals surface area contributed by atoms with Crippen LogP contribution in [0.2, 0.25) is 0 Å². The fourth-order valence-corrected chi connectivity index (χ4v) is 1.34. The lowest BCUT2D eigenvalue weighted by molar-refractivity contribution is -0.104. The van der Waals surface area contributed by atoms with E-state index in [1.54, 1.807) is 24.5 Å². The predicted octanol–water partition coefficient (Wildman–Crippen LogP) is 2.36. The first-order valence-electron chi connectivity index (χ1n) is 4.89. The zero-order valence-electron chi connectivity index (χ0n) is 8.58. The fourth-order valence-electron chi connectivity index (χ4n) is 1.34. The molecule has 0 amide bonds. The second-order valence-corrected chi connectivity index (χ2v) is 3.19. The van der Waals surface area contributed by atoms with Gasteiger partial charge in [0.2, 0.25) is 0 Å². The number of hydrogen-bond acceptors (Lipinski definition) is 3. The molecular weight excluding hydrogens is 200 g/mol. The van der Waals surface area contributed by atoms with Crippen molar-refractivity contribution in [2.45, 2.75) is 0 Å². The molecule has 0 fully saturated rings. The molecule has 0 atom stereocenters. The standard InChI is InChI=1S/C13H10N2O/c16-10-1-3-11-4-6-12(7-5-11)13-14-8-2-9-15-13/h1-10H. The van der Waals surface area contributed by atoms with Gasteiger partial charge in [0.25, 0.3) is 0 Å². The van der Waals surface area contributed by atoms with Crippen molar-refractivity contribution in [3.8, 4) is 11.4 Å². The molecule has 1 aromatic heterocycles. The first-order chi connectivity index (χ1) is 7.90. The summed E-state index contributed by atoms with van der Waals surface area (Å²) in [6.45, 7) is 0. The van der Waals surface area contributed by atoms with Crippen LogP contribution in [-0.2, 0) is 4.79 Å². The molecule has 0 aliphatic carbocycles. The van der Waals surface area contributed by atoms with Crippen molar-refractivity contribution in [1.82, 2.24) is 9.97 Å². The topological polar surface area (TPSA) is 42.9 Å². The summed E-state index contributed by atoms with van der Waals surface area (Å²) >= 11 is 0. The van der Waals surface area contributed by atoms with E-state index in [0.29, 0.717) is 5.82 Å². The van der Waals surface area contributed by atoms with Crippen LogP contribution in [0.4, 0.5) is 0 Å². The van der Waals surface area contributed by atoms with Gasteiger partial charge in [-0.25, -0.2) is 9.97 Å². The van der Waals surface area contributed by atoms with Crippen molar-refractivity contribution in [3.63, 3.8) is 0 Å². The Morgan fingerprint density at radius 3 is 2.31 bits per heavy atom. The molecule has 0 aliphatic heterocycles. The van der Waals surface area contributed by atoms with E-state index >= 15 is 0 Å². The van der Waals surface area contributed by atoms with Gasteiger partial charge in [-0.3, -0.25) is 4.79 Å². The lowest BCUT2D eigenvalue weighted by Crippen LogP contribution is -1.86. The normalized spacial score (nSPS) is 10.5. The van der Waals surface area contributed by atoms with Crippen LogP contribution < -0.4 is 0 Å². The highest BCUT2D eigenvalue weighted by Crippen LogP contribution is 2.15. The third-order valence-corrected chi connectivity index (χ3v) is 2.10. The van der Waals surface area contributed by atoms with E-state index in [1.165, 1.54) is 6.08 Å². The summed E-state index contributed by atoms with van der Waals surface area (Å²) < 4.78 is 0. The molecule has 0 spiro atoms. The van der Waals surface area contributed by atoms with Gasteiger partial charge >= 0.3 is 0 Å². The molecule has 3 nitrogen and oxygen atoms in total. The first kappa shape index (κ1) is 10.2. The molecule has 0 saturated heterocycles. The first-order valence-corrected chi connectivity index (χ1v) is 4.89. The van der Waals surface area contributed by atoms with Gasteiger partial charge in [0, 0.05) is 18.0 Å². The molecule has 0 unspecified atom stereocenters. The fraction of sp³-hybridized carbons (Fsp3) is 0. The number of aldehydes is 1. The van der Waals surface area contributed by atoms with Gasteiger partial charge in [0.15, 0.2) is 5.82 Å². The molecule has 2 rings (SSSR count). The minimum absolute atomic E-state index is 0.702. The van der Waals surface area contributed by atoms with Crippen LogP contribution in [0.1, 0.15) is 5.56 Å². The Balaban J connectivity index is 2.26. The van der Waals surface area contributed by atoms with Gasteiger partial charge in [0.05, 0.1) is 0 Å². The molecule has 1 heterocycles. The van der Waals surface area contributed by atoms with Gasteiger partial charge in [-0.05, 0) is 17.7 Å². The maximum atomic E-state index is 10.2. The van der Waals surface area contributed by atoms with Crippen molar-refractivity contribution < 1.29 is 4.79 Å². The molecular formula is C13H10N2O. The largest absolute Gasteiger partial charge is 0.299 e. The highest BCUT2D eigenvalue weighted by molar-refractivity contribution is 5.74. The number of allylic oxidation sites excluding steroid dienone is 1. The van der Waals surface area contributed by atoms with E-state index in [-0.39, 0.29) is 0 Å². The third kappa shape index (κ3) is 2.39. The summed E-state index contributed by atoms with van der Waals surface area (Å²) in [4.78, 5) is 18.5. The van der Waals surface area contributed by atoms with Crippen LogP contribution in [0.25, 0.3) is 17.5 Å². The Kier molecular flexibility index (Phi) is 3.18. The maximum absolute atomic E-state index is 10.2. The zero-order valence-corrected chi connectivity index (χ0v) is 8.58. The van der Waals surface area contributed by atoms with Gasteiger partial charge in [-0.15, -0.1) is 0 Å². The monoisotopic (exact) mass is 210 g/mol. The highest BCUT2D eigenvalue weighted by atomic mass is 16.1.